The van der Waals surface area contributed by atoms with Crippen molar-refractivity contribution < 1.29 is 14.3 Å². The van der Waals surface area contributed by atoms with Gasteiger partial charge in [0, 0.05) is 23.8 Å². The molecule has 0 radical (unpaired) electrons. The summed E-state index contributed by atoms with van der Waals surface area (Å²) in [6.45, 7) is 8.18. The molecule has 2 aliphatic carbocycles. The summed E-state index contributed by atoms with van der Waals surface area (Å²) >= 11 is 0. The van der Waals surface area contributed by atoms with Crippen LogP contribution in [0.2, 0.25) is 0 Å². The van der Waals surface area contributed by atoms with Crippen molar-refractivity contribution in [1.82, 2.24) is 0 Å². The number of ether oxygens (including phenoxy) is 1. The van der Waals surface area contributed by atoms with E-state index in [-0.39, 0.29) is 22.9 Å². The fraction of sp³-hybridized carbons (Fsp3) is 0.579. The first kappa shape index (κ1) is 15.3. The predicted molar refractivity (Wildman–Crippen MR) is 85.5 cm³/mol. The Morgan fingerprint density at radius 3 is 2.50 bits per heavy atom. The maximum atomic E-state index is 12.7. The number of carbonyl (C=O) groups excluding carboxylic acids is 2. The predicted octanol–water partition coefficient (Wildman–Crippen LogP) is 3.85. The Morgan fingerprint density at radius 2 is 1.86 bits per heavy atom. The van der Waals surface area contributed by atoms with Gasteiger partial charge in [0.15, 0.2) is 5.78 Å². The zero-order valence-electron chi connectivity index (χ0n) is 14.1. The van der Waals surface area contributed by atoms with Crippen LogP contribution in [0.25, 0.3) is 0 Å². The topological polar surface area (TPSA) is 43.4 Å². The van der Waals surface area contributed by atoms with E-state index < -0.39 is 5.41 Å². The molecule has 1 saturated carbocycles. The van der Waals surface area contributed by atoms with Crippen LogP contribution < -0.4 is 4.74 Å². The van der Waals surface area contributed by atoms with Crippen molar-refractivity contribution in [3.8, 4) is 5.75 Å². The van der Waals surface area contributed by atoms with Crippen molar-refractivity contribution in [2.75, 3.05) is 7.11 Å². The molecule has 0 saturated heterocycles. The SMILES string of the molecule is COc1cc2c(cc1C)C(=O)CC1C(C)(C)C(=O)CCC21C. The smallest absolute Gasteiger partial charge is 0.163 e. The van der Waals surface area contributed by atoms with Crippen LogP contribution in [-0.4, -0.2) is 18.7 Å². The van der Waals surface area contributed by atoms with Gasteiger partial charge in [-0.2, -0.15) is 0 Å². The largest absolute Gasteiger partial charge is 0.496 e. The van der Waals surface area contributed by atoms with Gasteiger partial charge in [-0.3, -0.25) is 9.59 Å². The van der Waals surface area contributed by atoms with E-state index in [2.05, 4.69) is 6.92 Å². The molecule has 3 rings (SSSR count). The molecule has 2 unspecified atom stereocenters. The highest BCUT2D eigenvalue weighted by atomic mass is 16.5. The first-order valence-corrected chi connectivity index (χ1v) is 7.97. The minimum absolute atomic E-state index is 0.0636. The molecule has 22 heavy (non-hydrogen) atoms. The molecule has 0 amide bonds. The average molecular weight is 300 g/mol. The molecule has 0 heterocycles. The normalized spacial score (nSPS) is 29.8. The summed E-state index contributed by atoms with van der Waals surface area (Å²) in [5.41, 5.74) is 2.29. The van der Waals surface area contributed by atoms with Gasteiger partial charge in [-0.15, -0.1) is 0 Å². The van der Waals surface area contributed by atoms with Gasteiger partial charge in [0.25, 0.3) is 0 Å². The number of carbonyl (C=O) groups is 2. The molecular formula is C19H24O3. The third-order valence-electron chi connectivity index (χ3n) is 6.07. The highest BCUT2D eigenvalue weighted by molar-refractivity contribution is 6.01. The van der Waals surface area contributed by atoms with Crippen LogP contribution in [0.5, 0.6) is 5.75 Å². The van der Waals surface area contributed by atoms with Crippen LogP contribution in [0.4, 0.5) is 0 Å². The summed E-state index contributed by atoms with van der Waals surface area (Å²) in [4.78, 5) is 25.0. The van der Waals surface area contributed by atoms with Crippen molar-refractivity contribution >= 4 is 11.6 Å². The first-order chi connectivity index (χ1) is 10.2. The van der Waals surface area contributed by atoms with Crippen LogP contribution >= 0.6 is 0 Å². The standard InChI is InChI=1S/C19H24O3/c1-11-8-12-13(9-15(11)22-5)19(4)7-6-17(21)18(2,3)16(19)10-14(12)20/h8-9,16H,6-7,10H2,1-5H3. The van der Waals surface area contributed by atoms with Gasteiger partial charge < -0.3 is 4.74 Å². The lowest BCUT2D eigenvalue weighted by Gasteiger charge is -2.52. The van der Waals surface area contributed by atoms with E-state index in [0.29, 0.717) is 12.8 Å². The number of hydrogen-bond acceptors (Lipinski definition) is 3. The first-order valence-electron chi connectivity index (χ1n) is 7.97. The molecule has 2 aliphatic rings. The second-order valence-corrected chi connectivity index (χ2v) is 7.61. The Kier molecular flexibility index (Phi) is 3.24. The van der Waals surface area contributed by atoms with Gasteiger partial charge in [-0.25, -0.2) is 0 Å². The number of Topliss-reactive ketones (excluding diaryl/α,β-unsaturated/α-hetero) is 2. The minimum Gasteiger partial charge on any atom is -0.496 e. The number of ketones is 2. The summed E-state index contributed by atoms with van der Waals surface area (Å²) in [5.74, 6) is 1.33. The van der Waals surface area contributed by atoms with Crippen molar-refractivity contribution in [3.63, 3.8) is 0 Å². The van der Waals surface area contributed by atoms with Gasteiger partial charge in [0.1, 0.15) is 11.5 Å². The van der Waals surface area contributed by atoms with E-state index in [9.17, 15) is 9.59 Å². The van der Waals surface area contributed by atoms with Gasteiger partial charge in [0.05, 0.1) is 7.11 Å². The van der Waals surface area contributed by atoms with Crippen LogP contribution in [-0.2, 0) is 10.2 Å². The molecule has 3 nitrogen and oxygen atoms in total. The molecule has 3 heteroatoms. The molecule has 1 aromatic carbocycles. The summed E-state index contributed by atoms with van der Waals surface area (Å²) in [6, 6.07) is 3.99. The highest BCUT2D eigenvalue weighted by Crippen LogP contribution is 2.56. The summed E-state index contributed by atoms with van der Waals surface area (Å²) in [6.07, 6.45) is 1.87. The van der Waals surface area contributed by atoms with Gasteiger partial charge in [-0.1, -0.05) is 20.8 Å². The Hall–Kier alpha value is -1.64. The second-order valence-electron chi connectivity index (χ2n) is 7.61. The summed E-state index contributed by atoms with van der Waals surface area (Å²) < 4.78 is 5.47. The molecule has 0 N–H and O–H groups in total. The van der Waals surface area contributed by atoms with Crippen LogP contribution in [0, 0.1) is 18.3 Å². The molecule has 0 spiro atoms. The number of methoxy groups -OCH3 is 1. The Balaban J connectivity index is 2.23. The fourth-order valence-electron chi connectivity index (χ4n) is 4.57. The lowest BCUT2D eigenvalue weighted by molar-refractivity contribution is -0.136. The van der Waals surface area contributed by atoms with E-state index in [1.54, 1.807) is 7.11 Å². The number of benzene rings is 1. The zero-order valence-corrected chi connectivity index (χ0v) is 14.1. The maximum Gasteiger partial charge on any atom is 0.163 e. The zero-order chi connectivity index (χ0) is 16.3. The minimum atomic E-state index is -0.446. The third kappa shape index (κ3) is 1.87. The van der Waals surface area contributed by atoms with Crippen molar-refractivity contribution in [3.05, 3.63) is 28.8 Å². The van der Waals surface area contributed by atoms with Crippen LogP contribution in [0.1, 0.15) is 61.5 Å². The monoisotopic (exact) mass is 300 g/mol. The molecule has 1 fully saturated rings. The molecule has 0 aliphatic heterocycles. The Bertz CT molecular complexity index is 672. The fourth-order valence-corrected chi connectivity index (χ4v) is 4.57. The molecule has 0 bridgehead atoms. The number of hydrogen-bond donors (Lipinski definition) is 0. The van der Waals surface area contributed by atoms with Crippen LogP contribution in [0.15, 0.2) is 12.1 Å². The Labute approximate surface area is 132 Å². The average Bonchev–Trinajstić information content (AvgIpc) is 2.46. The molecular weight excluding hydrogens is 276 g/mol. The van der Waals surface area contributed by atoms with E-state index >= 15 is 0 Å². The molecule has 118 valence electrons. The van der Waals surface area contributed by atoms with E-state index in [4.69, 9.17) is 4.74 Å². The van der Waals surface area contributed by atoms with Crippen molar-refractivity contribution in [2.45, 2.75) is 52.4 Å². The van der Waals surface area contributed by atoms with E-state index in [0.717, 1.165) is 28.9 Å². The summed E-state index contributed by atoms with van der Waals surface area (Å²) in [5, 5.41) is 0. The highest BCUT2D eigenvalue weighted by Gasteiger charge is 2.55. The third-order valence-corrected chi connectivity index (χ3v) is 6.07. The van der Waals surface area contributed by atoms with E-state index in [1.807, 2.05) is 32.9 Å². The summed E-state index contributed by atoms with van der Waals surface area (Å²) in [7, 11) is 1.66. The van der Waals surface area contributed by atoms with Crippen LogP contribution in [0.3, 0.4) is 0 Å². The van der Waals surface area contributed by atoms with Gasteiger partial charge in [-0.05, 0) is 47.9 Å². The molecule has 0 aromatic heterocycles. The Morgan fingerprint density at radius 1 is 1.18 bits per heavy atom. The molecule has 1 aromatic rings. The lowest BCUT2D eigenvalue weighted by Crippen LogP contribution is -2.53. The number of aryl methyl sites for hydroxylation is 1. The number of fused-ring (bicyclic) bond motifs is 3. The number of rotatable bonds is 1. The quantitative estimate of drug-likeness (QED) is 0.791. The van der Waals surface area contributed by atoms with Crippen molar-refractivity contribution in [2.24, 2.45) is 11.3 Å². The molecule has 2 atom stereocenters. The lowest BCUT2D eigenvalue weighted by atomic mass is 9.49. The van der Waals surface area contributed by atoms with Gasteiger partial charge in [0.2, 0.25) is 0 Å². The maximum absolute atomic E-state index is 12.7. The van der Waals surface area contributed by atoms with Crippen molar-refractivity contribution in [1.29, 1.82) is 0 Å². The van der Waals surface area contributed by atoms with E-state index in [1.165, 1.54) is 0 Å². The second kappa shape index (κ2) is 4.68. The van der Waals surface area contributed by atoms with Gasteiger partial charge >= 0.3 is 0 Å².